The highest BCUT2D eigenvalue weighted by molar-refractivity contribution is 8.00. The Hall–Kier alpha value is -0.140. The lowest BCUT2D eigenvalue weighted by atomic mass is 10.4. The van der Waals surface area contributed by atoms with Crippen molar-refractivity contribution in [2.75, 3.05) is 31.9 Å². The predicted octanol–water partition coefficient (Wildman–Crippen LogP) is 1.48. The summed E-state index contributed by atoms with van der Waals surface area (Å²) in [4.78, 5) is 12.9. The molecule has 1 amide bonds. The lowest BCUT2D eigenvalue weighted by Gasteiger charge is -2.19. The minimum Gasteiger partial charge on any atom is -0.341 e. The molecule has 0 saturated carbocycles. The van der Waals surface area contributed by atoms with E-state index in [1.165, 1.54) is 4.90 Å². The Bertz CT molecular complexity index is 220. The van der Waals surface area contributed by atoms with E-state index in [1.807, 2.05) is 0 Å². The molecule has 1 N–H and O–H groups in total. The molecule has 1 saturated heterocycles. The smallest absolute Gasteiger partial charge is 0.341 e. The van der Waals surface area contributed by atoms with E-state index < -0.39 is 17.2 Å². The number of nitrogens with zero attached hydrogens (tertiary/aromatic N) is 1. The molecule has 1 aliphatic rings. The predicted molar refractivity (Wildman–Crippen MR) is 59.8 cm³/mol. The fourth-order valence-electron chi connectivity index (χ4n) is 1.33. The SMILES string of the molecule is Cl.O=C(CSC(F)(F)F)N1CCCNCC1. The maximum atomic E-state index is 11.8. The molecule has 0 aliphatic carbocycles. The van der Waals surface area contributed by atoms with Gasteiger partial charge in [0.2, 0.25) is 5.91 Å². The van der Waals surface area contributed by atoms with Crippen molar-refractivity contribution in [1.82, 2.24) is 10.2 Å². The average Bonchev–Trinajstić information content (AvgIpc) is 2.41. The monoisotopic (exact) mass is 278 g/mol. The van der Waals surface area contributed by atoms with Crippen molar-refractivity contribution in [2.24, 2.45) is 0 Å². The van der Waals surface area contributed by atoms with Gasteiger partial charge in [-0.2, -0.15) is 13.2 Å². The Balaban J connectivity index is 0.00000225. The van der Waals surface area contributed by atoms with Crippen molar-refractivity contribution in [1.29, 1.82) is 0 Å². The first kappa shape index (κ1) is 15.9. The first-order valence-electron chi connectivity index (χ1n) is 4.68. The second-order valence-electron chi connectivity index (χ2n) is 3.22. The second kappa shape index (κ2) is 7.24. The first-order chi connectivity index (χ1) is 6.99. The molecular formula is C8H14ClF3N2OS. The maximum absolute atomic E-state index is 11.8. The first-order valence-corrected chi connectivity index (χ1v) is 5.67. The van der Waals surface area contributed by atoms with Gasteiger partial charge in [-0.1, -0.05) is 0 Å². The van der Waals surface area contributed by atoms with E-state index in [0.717, 1.165) is 13.0 Å². The van der Waals surface area contributed by atoms with Gasteiger partial charge in [0.1, 0.15) is 0 Å². The van der Waals surface area contributed by atoms with Gasteiger partial charge in [0, 0.05) is 19.6 Å². The maximum Gasteiger partial charge on any atom is 0.442 e. The molecule has 96 valence electrons. The summed E-state index contributed by atoms with van der Waals surface area (Å²) < 4.78 is 35.5. The van der Waals surface area contributed by atoms with Crippen LogP contribution in [0.2, 0.25) is 0 Å². The van der Waals surface area contributed by atoms with Crippen LogP contribution >= 0.6 is 24.2 Å². The molecule has 1 fully saturated rings. The third kappa shape index (κ3) is 6.44. The number of halogens is 4. The van der Waals surface area contributed by atoms with E-state index in [9.17, 15) is 18.0 Å². The molecule has 0 unspecified atom stereocenters. The zero-order chi connectivity index (χ0) is 11.3. The normalized spacial score (nSPS) is 17.6. The van der Waals surface area contributed by atoms with Gasteiger partial charge in [-0.25, -0.2) is 0 Å². The Kier molecular flexibility index (Phi) is 7.17. The van der Waals surface area contributed by atoms with Crippen LogP contribution in [0.5, 0.6) is 0 Å². The summed E-state index contributed by atoms with van der Waals surface area (Å²) >= 11 is -0.269. The van der Waals surface area contributed by atoms with Crippen LogP contribution in [0.15, 0.2) is 0 Å². The molecule has 0 spiro atoms. The number of hydrogen-bond acceptors (Lipinski definition) is 3. The van der Waals surface area contributed by atoms with E-state index in [-0.39, 0.29) is 24.2 Å². The number of nitrogens with one attached hydrogen (secondary N) is 1. The van der Waals surface area contributed by atoms with Crippen molar-refractivity contribution in [3.8, 4) is 0 Å². The largest absolute Gasteiger partial charge is 0.442 e. The van der Waals surface area contributed by atoms with Gasteiger partial charge in [-0.15, -0.1) is 12.4 Å². The minimum atomic E-state index is -4.32. The number of amides is 1. The molecule has 0 aromatic heterocycles. The lowest BCUT2D eigenvalue weighted by molar-refractivity contribution is -0.128. The van der Waals surface area contributed by atoms with E-state index >= 15 is 0 Å². The van der Waals surface area contributed by atoms with Gasteiger partial charge in [0.25, 0.3) is 0 Å². The van der Waals surface area contributed by atoms with Crippen LogP contribution in [0.25, 0.3) is 0 Å². The van der Waals surface area contributed by atoms with Gasteiger partial charge < -0.3 is 10.2 Å². The number of rotatable bonds is 2. The zero-order valence-electron chi connectivity index (χ0n) is 8.55. The second-order valence-corrected chi connectivity index (χ2v) is 4.26. The third-order valence-electron chi connectivity index (χ3n) is 2.05. The van der Waals surface area contributed by atoms with E-state index in [1.54, 1.807) is 0 Å². The summed E-state index contributed by atoms with van der Waals surface area (Å²) in [6.07, 6.45) is 0.794. The van der Waals surface area contributed by atoms with Crippen molar-refractivity contribution >= 4 is 30.1 Å². The molecule has 0 atom stereocenters. The lowest BCUT2D eigenvalue weighted by Crippen LogP contribution is -2.35. The minimum absolute atomic E-state index is 0. The zero-order valence-corrected chi connectivity index (χ0v) is 10.2. The molecular weight excluding hydrogens is 265 g/mol. The van der Waals surface area contributed by atoms with Crippen molar-refractivity contribution in [2.45, 2.75) is 11.9 Å². The Morgan fingerprint density at radius 2 is 2.00 bits per heavy atom. The molecule has 8 heteroatoms. The fraction of sp³-hybridized carbons (Fsp3) is 0.875. The van der Waals surface area contributed by atoms with Gasteiger partial charge in [0.05, 0.1) is 5.75 Å². The molecule has 1 heterocycles. The van der Waals surface area contributed by atoms with Crippen molar-refractivity contribution < 1.29 is 18.0 Å². The Morgan fingerprint density at radius 3 is 2.62 bits per heavy atom. The molecule has 1 rings (SSSR count). The standard InChI is InChI=1S/C8H13F3N2OS.ClH/c9-8(10,11)15-6-7(14)13-4-1-2-12-3-5-13;/h12H,1-6H2;1H. The highest BCUT2D eigenvalue weighted by Gasteiger charge is 2.30. The molecule has 16 heavy (non-hydrogen) atoms. The molecule has 0 aromatic rings. The molecule has 0 bridgehead atoms. The van der Waals surface area contributed by atoms with Crippen LogP contribution in [0.1, 0.15) is 6.42 Å². The quantitative estimate of drug-likeness (QED) is 0.830. The summed E-state index contributed by atoms with van der Waals surface area (Å²) in [7, 11) is 0. The fourth-order valence-corrected chi connectivity index (χ4v) is 1.80. The Morgan fingerprint density at radius 1 is 1.31 bits per heavy atom. The number of carbonyl (C=O) groups excluding carboxylic acids is 1. The molecule has 1 aliphatic heterocycles. The van der Waals surface area contributed by atoms with Crippen molar-refractivity contribution in [3.63, 3.8) is 0 Å². The molecule has 0 radical (unpaired) electrons. The third-order valence-corrected chi connectivity index (χ3v) is 2.77. The van der Waals surface area contributed by atoms with Crippen LogP contribution in [-0.4, -0.2) is 48.2 Å². The molecule has 0 aromatic carbocycles. The number of alkyl halides is 3. The molecule has 3 nitrogen and oxygen atoms in total. The summed E-state index contributed by atoms with van der Waals surface area (Å²) in [5.74, 6) is -0.940. The van der Waals surface area contributed by atoms with Crippen LogP contribution in [-0.2, 0) is 4.79 Å². The highest BCUT2D eigenvalue weighted by Crippen LogP contribution is 2.30. The van der Waals surface area contributed by atoms with Gasteiger partial charge >= 0.3 is 5.51 Å². The van der Waals surface area contributed by atoms with Crippen molar-refractivity contribution in [3.05, 3.63) is 0 Å². The number of thioether (sulfide) groups is 1. The Labute approximate surface area is 103 Å². The summed E-state index contributed by atoms with van der Waals surface area (Å²) in [5.41, 5.74) is -4.32. The van der Waals surface area contributed by atoms with Gasteiger partial charge in [-0.05, 0) is 24.7 Å². The van der Waals surface area contributed by atoms with Crippen LogP contribution in [0.4, 0.5) is 13.2 Å². The van der Waals surface area contributed by atoms with Gasteiger partial charge in [-0.3, -0.25) is 4.79 Å². The summed E-state index contributed by atoms with van der Waals surface area (Å²) in [6, 6.07) is 0. The summed E-state index contributed by atoms with van der Waals surface area (Å²) in [6.45, 7) is 2.51. The van der Waals surface area contributed by atoms with Crippen LogP contribution in [0.3, 0.4) is 0 Å². The van der Waals surface area contributed by atoms with E-state index in [4.69, 9.17) is 0 Å². The van der Waals surface area contributed by atoms with E-state index in [0.29, 0.717) is 19.6 Å². The number of carbonyl (C=O) groups is 1. The number of hydrogen-bond donors (Lipinski definition) is 1. The van der Waals surface area contributed by atoms with Crippen LogP contribution in [0, 0.1) is 0 Å². The van der Waals surface area contributed by atoms with Gasteiger partial charge in [0.15, 0.2) is 0 Å². The summed E-state index contributed by atoms with van der Waals surface area (Å²) in [5, 5.41) is 3.08. The highest BCUT2D eigenvalue weighted by atomic mass is 35.5. The topological polar surface area (TPSA) is 32.3 Å². The van der Waals surface area contributed by atoms with Crippen LogP contribution < -0.4 is 5.32 Å². The average molecular weight is 279 g/mol. The van der Waals surface area contributed by atoms with E-state index in [2.05, 4.69) is 5.32 Å².